The molecule has 6 heteroatoms. The molecule has 1 unspecified atom stereocenters. The third-order valence-corrected chi connectivity index (χ3v) is 3.97. The number of benzene rings is 1. The average Bonchev–Trinajstić information content (AvgIpc) is 2.85. The average molecular weight is 329 g/mol. The van der Waals surface area contributed by atoms with Gasteiger partial charge in [-0.3, -0.25) is 4.57 Å². The Hall–Kier alpha value is -0.820. The van der Waals surface area contributed by atoms with E-state index in [2.05, 4.69) is 20.9 Å². The second-order valence-electron chi connectivity index (χ2n) is 3.70. The molecule has 0 aliphatic rings. The van der Waals surface area contributed by atoms with E-state index < -0.39 is 6.10 Å². The van der Waals surface area contributed by atoms with Gasteiger partial charge in [0.25, 0.3) is 0 Å². The number of halogens is 1. The van der Waals surface area contributed by atoms with Gasteiger partial charge in [-0.25, -0.2) is 4.98 Å². The molecule has 0 amide bonds. The second kappa shape index (κ2) is 6.38. The van der Waals surface area contributed by atoms with Gasteiger partial charge in [0.2, 0.25) is 0 Å². The second-order valence-corrected chi connectivity index (χ2v) is 5.61. The first-order chi connectivity index (χ1) is 8.70. The van der Waals surface area contributed by atoms with E-state index in [4.69, 9.17) is 5.11 Å². The molecule has 2 aromatic rings. The van der Waals surface area contributed by atoms with Crippen LogP contribution >= 0.6 is 27.7 Å². The molecule has 2 rings (SSSR count). The lowest BCUT2D eigenvalue weighted by atomic mass is 10.3. The normalized spacial score (nSPS) is 12.6. The minimum Gasteiger partial charge on any atom is -0.394 e. The number of hydrogen-bond donors (Lipinski definition) is 2. The van der Waals surface area contributed by atoms with Gasteiger partial charge in [0.1, 0.15) is 0 Å². The van der Waals surface area contributed by atoms with Crippen LogP contribution < -0.4 is 0 Å². The highest BCUT2D eigenvalue weighted by Crippen LogP contribution is 2.22. The molecular weight excluding hydrogens is 316 g/mol. The molecule has 0 radical (unpaired) electrons. The van der Waals surface area contributed by atoms with Gasteiger partial charge in [0, 0.05) is 28.3 Å². The molecule has 0 aliphatic heterocycles. The molecule has 96 valence electrons. The fraction of sp³-hybridized carbons (Fsp3) is 0.250. The van der Waals surface area contributed by atoms with Crippen molar-refractivity contribution in [2.75, 3.05) is 12.4 Å². The SMILES string of the molecule is OCC(O)CSc1nccn1-c1ccc(Br)cc1. The van der Waals surface area contributed by atoms with Crippen molar-refractivity contribution in [3.05, 3.63) is 41.1 Å². The van der Waals surface area contributed by atoms with E-state index in [1.807, 2.05) is 35.0 Å². The highest BCUT2D eigenvalue weighted by Gasteiger charge is 2.09. The van der Waals surface area contributed by atoms with Gasteiger partial charge in [0.05, 0.1) is 12.7 Å². The van der Waals surface area contributed by atoms with Crippen molar-refractivity contribution in [1.82, 2.24) is 9.55 Å². The molecule has 0 aliphatic carbocycles. The van der Waals surface area contributed by atoms with Gasteiger partial charge in [-0.15, -0.1) is 0 Å². The molecule has 2 N–H and O–H groups in total. The molecule has 0 fully saturated rings. The van der Waals surface area contributed by atoms with E-state index in [0.717, 1.165) is 15.3 Å². The first-order valence-electron chi connectivity index (χ1n) is 5.41. The zero-order valence-corrected chi connectivity index (χ0v) is 11.9. The van der Waals surface area contributed by atoms with Crippen LogP contribution in [0.25, 0.3) is 5.69 Å². The van der Waals surface area contributed by atoms with E-state index >= 15 is 0 Å². The van der Waals surface area contributed by atoms with Crippen LogP contribution in [0.3, 0.4) is 0 Å². The summed E-state index contributed by atoms with van der Waals surface area (Å²) in [5, 5.41) is 18.9. The number of aromatic nitrogens is 2. The van der Waals surface area contributed by atoms with Crippen LogP contribution in [0, 0.1) is 0 Å². The summed E-state index contributed by atoms with van der Waals surface area (Å²) in [4.78, 5) is 4.24. The summed E-state index contributed by atoms with van der Waals surface area (Å²) in [5.41, 5.74) is 1.01. The topological polar surface area (TPSA) is 58.3 Å². The standard InChI is InChI=1S/C12H13BrN2O2S/c13-9-1-3-10(4-2-9)15-6-5-14-12(15)18-8-11(17)7-16/h1-6,11,16-17H,7-8H2. The van der Waals surface area contributed by atoms with Gasteiger partial charge in [-0.2, -0.15) is 0 Å². The lowest BCUT2D eigenvalue weighted by Gasteiger charge is -2.09. The Balaban J connectivity index is 2.14. The first-order valence-corrected chi connectivity index (χ1v) is 7.19. The van der Waals surface area contributed by atoms with E-state index in [9.17, 15) is 5.11 Å². The monoisotopic (exact) mass is 328 g/mol. The summed E-state index contributed by atoms with van der Waals surface area (Å²) in [6, 6.07) is 7.90. The van der Waals surface area contributed by atoms with Crippen LogP contribution in [0.1, 0.15) is 0 Å². The molecule has 0 saturated carbocycles. The Morgan fingerprint density at radius 1 is 1.33 bits per heavy atom. The Morgan fingerprint density at radius 3 is 2.72 bits per heavy atom. The summed E-state index contributed by atoms with van der Waals surface area (Å²) in [6.07, 6.45) is 2.87. The minimum atomic E-state index is -0.718. The maximum atomic E-state index is 9.34. The lowest BCUT2D eigenvalue weighted by molar-refractivity contribution is 0.113. The van der Waals surface area contributed by atoms with Crippen LogP contribution in [0.15, 0.2) is 46.3 Å². The summed E-state index contributed by atoms with van der Waals surface area (Å²) in [6.45, 7) is -0.230. The Kier molecular flexibility index (Phi) is 4.82. The van der Waals surface area contributed by atoms with Crippen molar-refractivity contribution in [3.8, 4) is 5.69 Å². The predicted octanol–water partition coefficient (Wildman–Crippen LogP) is 2.08. The number of aliphatic hydroxyl groups is 2. The number of nitrogens with zero attached hydrogens (tertiary/aromatic N) is 2. The molecular formula is C12H13BrN2O2S. The number of imidazole rings is 1. The molecule has 1 aromatic heterocycles. The Labute approximate surface area is 118 Å². The molecule has 1 heterocycles. The summed E-state index contributed by atoms with van der Waals surface area (Å²) in [5.74, 6) is 0.421. The van der Waals surface area contributed by atoms with Crippen LogP contribution in [-0.4, -0.2) is 38.2 Å². The number of thioether (sulfide) groups is 1. The molecule has 1 aromatic carbocycles. The Bertz CT molecular complexity index is 501. The fourth-order valence-corrected chi connectivity index (χ4v) is 2.57. The first kappa shape index (κ1) is 13.6. The Morgan fingerprint density at radius 2 is 2.06 bits per heavy atom. The zero-order chi connectivity index (χ0) is 13.0. The predicted molar refractivity (Wildman–Crippen MR) is 75.1 cm³/mol. The van der Waals surface area contributed by atoms with Crippen molar-refractivity contribution >= 4 is 27.7 Å². The number of hydrogen-bond acceptors (Lipinski definition) is 4. The van der Waals surface area contributed by atoms with E-state index in [-0.39, 0.29) is 6.61 Å². The van der Waals surface area contributed by atoms with Crippen molar-refractivity contribution in [2.45, 2.75) is 11.3 Å². The van der Waals surface area contributed by atoms with Gasteiger partial charge in [0.15, 0.2) is 5.16 Å². The van der Waals surface area contributed by atoms with Crippen LogP contribution in [-0.2, 0) is 0 Å². The van der Waals surface area contributed by atoms with Crippen LogP contribution in [0.2, 0.25) is 0 Å². The van der Waals surface area contributed by atoms with Gasteiger partial charge < -0.3 is 10.2 Å². The highest BCUT2D eigenvalue weighted by molar-refractivity contribution is 9.10. The van der Waals surface area contributed by atoms with Gasteiger partial charge in [-0.05, 0) is 24.3 Å². The molecule has 4 nitrogen and oxygen atoms in total. The number of rotatable bonds is 5. The van der Waals surface area contributed by atoms with Gasteiger partial charge >= 0.3 is 0 Å². The summed E-state index contributed by atoms with van der Waals surface area (Å²) in [7, 11) is 0. The lowest BCUT2D eigenvalue weighted by Crippen LogP contribution is -2.15. The van der Waals surface area contributed by atoms with Crippen molar-refractivity contribution in [2.24, 2.45) is 0 Å². The molecule has 0 bridgehead atoms. The largest absolute Gasteiger partial charge is 0.394 e. The van der Waals surface area contributed by atoms with E-state index in [1.165, 1.54) is 11.8 Å². The molecule has 0 spiro atoms. The third-order valence-electron chi connectivity index (χ3n) is 2.33. The maximum Gasteiger partial charge on any atom is 0.172 e. The van der Waals surface area contributed by atoms with E-state index in [1.54, 1.807) is 6.20 Å². The van der Waals surface area contributed by atoms with Crippen LogP contribution in [0.4, 0.5) is 0 Å². The summed E-state index contributed by atoms with van der Waals surface area (Å²) < 4.78 is 2.97. The fourth-order valence-electron chi connectivity index (χ4n) is 1.42. The van der Waals surface area contributed by atoms with Crippen molar-refractivity contribution in [3.63, 3.8) is 0 Å². The number of aliphatic hydroxyl groups excluding tert-OH is 2. The zero-order valence-electron chi connectivity index (χ0n) is 9.53. The molecule has 0 saturated heterocycles. The third kappa shape index (κ3) is 3.35. The van der Waals surface area contributed by atoms with Crippen LogP contribution in [0.5, 0.6) is 0 Å². The maximum absolute atomic E-state index is 9.34. The molecule has 1 atom stereocenters. The van der Waals surface area contributed by atoms with Crippen molar-refractivity contribution < 1.29 is 10.2 Å². The van der Waals surface area contributed by atoms with E-state index in [0.29, 0.717) is 5.75 Å². The van der Waals surface area contributed by atoms with Gasteiger partial charge in [-0.1, -0.05) is 27.7 Å². The minimum absolute atomic E-state index is 0.230. The molecule has 18 heavy (non-hydrogen) atoms. The van der Waals surface area contributed by atoms with Crippen molar-refractivity contribution in [1.29, 1.82) is 0 Å². The highest BCUT2D eigenvalue weighted by atomic mass is 79.9. The quantitative estimate of drug-likeness (QED) is 0.825. The smallest absolute Gasteiger partial charge is 0.172 e. The summed E-state index contributed by atoms with van der Waals surface area (Å²) >= 11 is 4.81.